The predicted molar refractivity (Wildman–Crippen MR) is 66.0 cm³/mol. The number of hydrogen-bond donors (Lipinski definition) is 1. The summed E-state index contributed by atoms with van der Waals surface area (Å²) in [4.78, 5) is 8.74. The second-order valence-electron chi connectivity index (χ2n) is 3.92. The lowest BCUT2D eigenvalue weighted by atomic mass is 10.1. The lowest BCUT2D eigenvalue weighted by Crippen LogP contribution is -2.11. The summed E-state index contributed by atoms with van der Waals surface area (Å²) in [6, 6.07) is 0. The summed E-state index contributed by atoms with van der Waals surface area (Å²) >= 11 is 1.63. The molecule has 0 aliphatic carbocycles. The van der Waals surface area contributed by atoms with E-state index in [1.165, 1.54) is 0 Å². The van der Waals surface area contributed by atoms with Crippen LogP contribution in [0.2, 0.25) is 0 Å². The van der Waals surface area contributed by atoms with Gasteiger partial charge >= 0.3 is 0 Å². The van der Waals surface area contributed by atoms with Gasteiger partial charge in [0.25, 0.3) is 0 Å². The topological polar surface area (TPSA) is 77.8 Å². The van der Waals surface area contributed by atoms with Crippen LogP contribution in [0.3, 0.4) is 0 Å². The number of rotatable bonds is 5. The number of hydrogen-bond acceptors (Lipinski definition) is 6. The molecule has 0 aliphatic heterocycles. The Morgan fingerprint density at radius 3 is 2.88 bits per heavy atom. The van der Waals surface area contributed by atoms with Gasteiger partial charge in [0.1, 0.15) is 0 Å². The van der Waals surface area contributed by atoms with Gasteiger partial charge in [0.15, 0.2) is 5.82 Å². The maximum absolute atomic E-state index is 5.64. The Kier molecular flexibility index (Phi) is 3.86. The van der Waals surface area contributed by atoms with Crippen molar-refractivity contribution in [2.24, 2.45) is 5.73 Å². The third-order valence-electron chi connectivity index (χ3n) is 2.62. The van der Waals surface area contributed by atoms with Gasteiger partial charge < -0.3 is 10.3 Å². The van der Waals surface area contributed by atoms with Crippen molar-refractivity contribution in [3.8, 4) is 0 Å². The molecule has 0 saturated carbocycles. The van der Waals surface area contributed by atoms with Crippen LogP contribution < -0.4 is 5.73 Å². The van der Waals surface area contributed by atoms with Gasteiger partial charge in [-0.1, -0.05) is 12.1 Å². The molecule has 5 nitrogen and oxygen atoms in total. The number of thiazole rings is 1. The third-order valence-corrected chi connectivity index (χ3v) is 3.44. The summed E-state index contributed by atoms with van der Waals surface area (Å²) in [5.74, 6) is 1.47. The zero-order valence-corrected chi connectivity index (χ0v) is 10.8. The first kappa shape index (κ1) is 12.2. The first-order valence-electron chi connectivity index (χ1n) is 5.66. The fourth-order valence-electron chi connectivity index (χ4n) is 1.60. The van der Waals surface area contributed by atoms with Gasteiger partial charge in [-0.3, -0.25) is 0 Å². The van der Waals surface area contributed by atoms with Gasteiger partial charge in [-0.05, 0) is 13.3 Å². The molecule has 0 bridgehead atoms. The van der Waals surface area contributed by atoms with Crippen molar-refractivity contribution in [2.75, 3.05) is 6.54 Å². The Morgan fingerprint density at radius 2 is 2.29 bits per heavy atom. The quantitative estimate of drug-likeness (QED) is 0.879. The molecule has 17 heavy (non-hydrogen) atoms. The summed E-state index contributed by atoms with van der Waals surface area (Å²) in [6.45, 7) is 4.58. The molecule has 0 spiro atoms. The highest BCUT2D eigenvalue weighted by atomic mass is 32.1. The predicted octanol–water partition coefficient (Wildman–Crippen LogP) is 1.88. The zero-order chi connectivity index (χ0) is 12.3. The average molecular weight is 252 g/mol. The van der Waals surface area contributed by atoms with Crippen LogP contribution in [-0.2, 0) is 6.42 Å². The van der Waals surface area contributed by atoms with Crippen molar-refractivity contribution in [3.63, 3.8) is 0 Å². The van der Waals surface area contributed by atoms with E-state index < -0.39 is 0 Å². The lowest BCUT2D eigenvalue weighted by Gasteiger charge is -2.04. The van der Waals surface area contributed by atoms with Gasteiger partial charge in [-0.25, -0.2) is 4.98 Å². The summed E-state index contributed by atoms with van der Waals surface area (Å²) < 4.78 is 5.22. The van der Waals surface area contributed by atoms with E-state index in [1.807, 2.05) is 12.3 Å². The fraction of sp³-hybridized carbons (Fsp3) is 0.545. The molecule has 0 fully saturated rings. The molecule has 0 radical (unpaired) electrons. The Hall–Kier alpha value is -1.27. The average Bonchev–Trinajstić information content (AvgIpc) is 2.91. The van der Waals surface area contributed by atoms with Crippen LogP contribution in [0.1, 0.15) is 41.7 Å². The molecule has 0 amide bonds. The first-order valence-corrected chi connectivity index (χ1v) is 6.54. The van der Waals surface area contributed by atoms with Crippen molar-refractivity contribution in [1.29, 1.82) is 0 Å². The minimum absolute atomic E-state index is 0.161. The molecule has 6 heteroatoms. The second kappa shape index (κ2) is 5.37. The molecule has 0 aromatic carbocycles. The standard InChI is InChI=1S/C11H16N4OS/c1-3-8(5-12)11-14-10(15-16-11)4-9-6-17-7(2)13-9/h6,8H,3-5,12H2,1-2H3. The van der Waals surface area contributed by atoms with E-state index in [4.69, 9.17) is 10.3 Å². The Bertz CT molecular complexity index is 475. The number of aryl methyl sites for hydroxylation is 1. The third kappa shape index (κ3) is 2.89. The van der Waals surface area contributed by atoms with E-state index in [0.717, 1.165) is 17.1 Å². The van der Waals surface area contributed by atoms with Gasteiger partial charge in [-0.2, -0.15) is 4.98 Å². The highest BCUT2D eigenvalue weighted by Gasteiger charge is 2.16. The summed E-state index contributed by atoms with van der Waals surface area (Å²) in [6.07, 6.45) is 1.53. The van der Waals surface area contributed by atoms with E-state index in [-0.39, 0.29) is 5.92 Å². The number of aromatic nitrogens is 3. The minimum Gasteiger partial charge on any atom is -0.339 e. The van der Waals surface area contributed by atoms with E-state index in [2.05, 4.69) is 22.0 Å². The summed E-state index contributed by atoms with van der Waals surface area (Å²) in [5.41, 5.74) is 6.63. The normalized spacial score (nSPS) is 12.9. The van der Waals surface area contributed by atoms with Gasteiger partial charge in [-0.15, -0.1) is 11.3 Å². The van der Waals surface area contributed by atoms with E-state index in [9.17, 15) is 0 Å². The molecule has 92 valence electrons. The van der Waals surface area contributed by atoms with E-state index in [1.54, 1.807) is 11.3 Å². The van der Waals surface area contributed by atoms with Crippen LogP contribution in [0.4, 0.5) is 0 Å². The Morgan fingerprint density at radius 1 is 1.47 bits per heavy atom. The van der Waals surface area contributed by atoms with Gasteiger partial charge in [0.05, 0.1) is 23.0 Å². The van der Waals surface area contributed by atoms with Crippen molar-refractivity contribution in [1.82, 2.24) is 15.1 Å². The maximum Gasteiger partial charge on any atom is 0.231 e. The minimum atomic E-state index is 0.161. The highest BCUT2D eigenvalue weighted by Crippen LogP contribution is 2.17. The Labute approximate surface area is 104 Å². The molecule has 2 aromatic heterocycles. The van der Waals surface area contributed by atoms with Crippen molar-refractivity contribution in [3.05, 3.63) is 27.8 Å². The zero-order valence-electron chi connectivity index (χ0n) is 10.0. The lowest BCUT2D eigenvalue weighted by molar-refractivity contribution is 0.348. The molecular formula is C11H16N4OS. The molecule has 2 heterocycles. The monoisotopic (exact) mass is 252 g/mol. The SMILES string of the molecule is CCC(CN)c1nc(Cc2csc(C)n2)no1. The van der Waals surface area contributed by atoms with Crippen LogP contribution in [0, 0.1) is 6.92 Å². The van der Waals surface area contributed by atoms with Crippen molar-refractivity contribution < 1.29 is 4.52 Å². The number of nitrogens with two attached hydrogens (primary N) is 1. The van der Waals surface area contributed by atoms with Gasteiger partial charge in [0.2, 0.25) is 5.89 Å². The fourth-order valence-corrected chi connectivity index (χ4v) is 2.21. The van der Waals surface area contributed by atoms with Crippen LogP contribution in [0.25, 0.3) is 0 Å². The molecule has 1 atom stereocenters. The summed E-state index contributed by atoms with van der Waals surface area (Å²) in [7, 11) is 0. The summed E-state index contributed by atoms with van der Waals surface area (Å²) in [5, 5.41) is 7.03. The largest absolute Gasteiger partial charge is 0.339 e. The Balaban J connectivity index is 2.08. The highest BCUT2D eigenvalue weighted by molar-refractivity contribution is 7.09. The number of nitrogens with zero attached hydrogens (tertiary/aromatic N) is 3. The van der Waals surface area contributed by atoms with Gasteiger partial charge in [0, 0.05) is 11.9 Å². The molecule has 1 unspecified atom stereocenters. The van der Waals surface area contributed by atoms with Crippen LogP contribution in [-0.4, -0.2) is 21.7 Å². The van der Waals surface area contributed by atoms with E-state index in [0.29, 0.717) is 24.7 Å². The molecule has 2 N–H and O–H groups in total. The maximum atomic E-state index is 5.64. The van der Waals surface area contributed by atoms with Crippen LogP contribution in [0.5, 0.6) is 0 Å². The van der Waals surface area contributed by atoms with Crippen LogP contribution >= 0.6 is 11.3 Å². The smallest absolute Gasteiger partial charge is 0.231 e. The molecule has 0 saturated heterocycles. The van der Waals surface area contributed by atoms with E-state index >= 15 is 0 Å². The van der Waals surface area contributed by atoms with Crippen molar-refractivity contribution in [2.45, 2.75) is 32.6 Å². The molecule has 0 aliphatic rings. The first-order chi connectivity index (χ1) is 8.22. The van der Waals surface area contributed by atoms with Crippen molar-refractivity contribution >= 4 is 11.3 Å². The van der Waals surface area contributed by atoms with Crippen LogP contribution in [0.15, 0.2) is 9.90 Å². The second-order valence-corrected chi connectivity index (χ2v) is 4.99. The molecular weight excluding hydrogens is 236 g/mol. The molecule has 2 rings (SSSR count). The molecule has 2 aromatic rings.